The predicted octanol–water partition coefficient (Wildman–Crippen LogP) is 3.68. The van der Waals surface area contributed by atoms with E-state index < -0.39 is 8.80 Å². The van der Waals surface area contributed by atoms with Gasteiger partial charge in [0.05, 0.1) is 0 Å². The van der Waals surface area contributed by atoms with Crippen molar-refractivity contribution in [2.75, 3.05) is 19.8 Å². The Hall–Kier alpha value is -1.20. The molecule has 1 aliphatic carbocycles. The minimum atomic E-state index is -2.84. The molecule has 0 heterocycles. The van der Waals surface area contributed by atoms with Gasteiger partial charge in [-0.3, -0.25) is 0 Å². The van der Waals surface area contributed by atoms with Gasteiger partial charge in [-0.25, -0.2) is 0 Å². The molecule has 1 aromatic rings. The second-order valence-corrected chi connectivity index (χ2v) is 6.87. The fourth-order valence-electron chi connectivity index (χ4n) is 2.61. The van der Waals surface area contributed by atoms with Crippen LogP contribution in [-0.2, 0) is 13.3 Å². The molecule has 0 bridgehead atoms. The number of hydrogen-bond donors (Lipinski definition) is 0. The Labute approximate surface area is 122 Å². The predicted molar refractivity (Wildman–Crippen MR) is 84.1 cm³/mol. The van der Waals surface area contributed by atoms with Crippen molar-refractivity contribution in [1.29, 1.82) is 0 Å². The first-order chi connectivity index (χ1) is 9.74. The molecule has 4 heteroatoms. The fraction of sp³-hybridized carbons (Fsp3) is 0.375. The molecule has 1 aliphatic rings. The maximum atomic E-state index is 5.99. The molecule has 0 spiro atoms. The zero-order valence-electron chi connectivity index (χ0n) is 12.4. The van der Waals surface area contributed by atoms with Crippen LogP contribution in [0.15, 0.2) is 36.9 Å². The first-order valence-corrected chi connectivity index (χ1v) is 8.85. The van der Waals surface area contributed by atoms with E-state index >= 15 is 0 Å². The summed E-state index contributed by atoms with van der Waals surface area (Å²) in [4.78, 5) is 0. The van der Waals surface area contributed by atoms with Crippen LogP contribution < -0.4 is 0 Å². The first-order valence-electron chi connectivity index (χ1n) is 7.12. The van der Waals surface area contributed by atoms with Gasteiger partial charge in [0.1, 0.15) is 0 Å². The Morgan fingerprint density at radius 2 is 1.45 bits per heavy atom. The summed E-state index contributed by atoms with van der Waals surface area (Å²) in [7, 11) is -2.84. The largest absolute Gasteiger partial charge is 0.538 e. The van der Waals surface area contributed by atoms with E-state index in [-0.39, 0.29) is 0 Å². The normalized spacial score (nSPS) is 13.9. The van der Waals surface area contributed by atoms with Gasteiger partial charge in [-0.15, -0.1) is 0 Å². The van der Waals surface area contributed by atoms with Crippen molar-refractivity contribution in [2.24, 2.45) is 0 Å². The summed E-state index contributed by atoms with van der Waals surface area (Å²) in [6.07, 6.45) is 1.87. The summed E-state index contributed by atoms with van der Waals surface area (Å²) >= 11 is 0. The Balaban J connectivity index is 2.50. The summed E-state index contributed by atoms with van der Waals surface area (Å²) in [5, 5.41) is 1.08. The molecule has 0 aliphatic heterocycles. The van der Waals surface area contributed by atoms with Crippen molar-refractivity contribution in [2.45, 2.75) is 20.8 Å². The van der Waals surface area contributed by atoms with Crippen molar-refractivity contribution >= 4 is 19.6 Å². The van der Waals surface area contributed by atoms with E-state index in [1.54, 1.807) is 0 Å². The molecule has 0 aromatic heterocycles. The zero-order chi connectivity index (χ0) is 14.6. The molecule has 1 aromatic carbocycles. The molecule has 108 valence electrons. The molecular weight excluding hydrogens is 268 g/mol. The SMILES string of the molecule is C=CC1=C([Si](OCC)(OCC)OCC)c2ccccc21. The highest BCUT2D eigenvalue weighted by Crippen LogP contribution is 2.46. The van der Waals surface area contributed by atoms with E-state index in [0.29, 0.717) is 19.8 Å². The Kier molecular flexibility index (Phi) is 4.94. The van der Waals surface area contributed by atoms with E-state index in [9.17, 15) is 0 Å². The molecule has 2 rings (SSSR count). The average Bonchev–Trinajstić information content (AvgIpc) is 2.41. The minimum Gasteiger partial charge on any atom is -0.370 e. The van der Waals surface area contributed by atoms with E-state index in [1.165, 1.54) is 11.1 Å². The highest BCUT2D eigenvalue weighted by molar-refractivity contribution is 6.84. The third-order valence-electron chi connectivity index (χ3n) is 3.27. The van der Waals surface area contributed by atoms with Crippen molar-refractivity contribution in [3.63, 3.8) is 0 Å². The third kappa shape index (κ3) is 2.40. The second-order valence-electron chi connectivity index (χ2n) is 4.39. The van der Waals surface area contributed by atoms with E-state index in [1.807, 2.05) is 39.0 Å². The molecule has 0 saturated carbocycles. The van der Waals surface area contributed by atoms with Gasteiger partial charge in [0.15, 0.2) is 0 Å². The van der Waals surface area contributed by atoms with Crippen LogP contribution in [0, 0.1) is 0 Å². The Morgan fingerprint density at radius 1 is 0.950 bits per heavy atom. The highest BCUT2D eigenvalue weighted by atomic mass is 28.4. The topological polar surface area (TPSA) is 27.7 Å². The first kappa shape index (κ1) is 15.2. The van der Waals surface area contributed by atoms with Crippen molar-refractivity contribution < 1.29 is 13.3 Å². The molecular formula is C16H22O3Si. The molecule has 0 unspecified atom stereocenters. The van der Waals surface area contributed by atoms with E-state index in [4.69, 9.17) is 13.3 Å². The van der Waals surface area contributed by atoms with Crippen molar-refractivity contribution in [1.82, 2.24) is 0 Å². The quantitative estimate of drug-likeness (QED) is 0.684. The molecule has 0 amide bonds. The maximum Gasteiger partial charge on any atom is 0.538 e. The smallest absolute Gasteiger partial charge is 0.370 e. The van der Waals surface area contributed by atoms with Crippen molar-refractivity contribution in [3.8, 4) is 0 Å². The molecule has 0 fully saturated rings. The zero-order valence-corrected chi connectivity index (χ0v) is 13.4. The molecule has 0 saturated heterocycles. The van der Waals surface area contributed by atoms with Crippen LogP contribution in [-0.4, -0.2) is 28.6 Å². The molecule has 20 heavy (non-hydrogen) atoms. The lowest BCUT2D eigenvalue weighted by atomic mass is 9.88. The van der Waals surface area contributed by atoms with E-state index in [2.05, 4.69) is 18.7 Å². The lowest BCUT2D eigenvalue weighted by molar-refractivity contribution is 0.0870. The van der Waals surface area contributed by atoms with Gasteiger partial charge in [-0.2, -0.15) is 0 Å². The number of hydrogen-bond acceptors (Lipinski definition) is 3. The highest BCUT2D eigenvalue weighted by Gasteiger charge is 2.51. The van der Waals surface area contributed by atoms with Crippen molar-refractivity contribution in [3.05, 3.63) is 48.0 Å². The third-order valence-corrected chi connectivity index (χ3v) is 6.43. The standard InChI is InChI=1S/C16H22O3Si/c1-5-13-14-11-9-10-12-15(14)16(13)20(17-6-2,18-7-3)19-8-4/h5,9-12H,1,6-8H2,2-4H3. The Morgan fingerprint density at radius 3 is 1.90 bits per heavy atom. The summed E-state index contributed by atoms with van der Waals surface area (Å²) < 4.78 is 18.0. The molecule has 0 atom stereocenters. The minimum absolute atomic E-state index is 0.572. The van der Waals surface area contributed by atoms with Gasteiger partial charge in [-0.1, -0.05) is 36.9 Å². The van der Waals surface area contributed by atoms with Gasteiger partial charge in [-0.05, 0) is 37.5 Å². The lowest BCUT2D eigenvalue weighted by Crippen LogP contribution is -2.49. The van der Waals surface area contributed by atoms with Gasteiger partial charge in [0.2, 0.25) is 0 Å². The van der Waals surface area contributed by atoms with Crippen LogP contribution in [0.5, 0.6) is 0 Å². The number of rotatable bonds is 8. The number of benzene rings is 1. The molecule has 3 nitrogen and oxygen atoms in total. The number of allylic oxidation sites excluding steroid dienone is 2. The fourth-order valence-corrected chi connectivity index (χ4v) is 5.54. The van der Waals surface area contributed by atoms with Crippen LogP contribution in [0.25, 0.3) is 10.8 Å². The average molecular weight is 290 g/mol. The molecule has 0 radical (unpaired) electrons. The van der Waals surface area contributed by atoms with E-state index in [0.717, 1.165) is 10.8 Å². The van der Waals surface area contributed by atoms with Gasteiger partial charge >= 0.3 is 8.80 Å². The monoisotopic (exact) mass is 290 g/mol. The molecule has 0 N–H and O–H groups in total. The van der Waals surface area contributed by atoms with Crippen LogP contribution in [0.4, 0.5) is 0 Å². The summed E-state index contributed by atoms with van der Waals surface area (Å²) in [5.41, 5.74) is 3.47. The second kappa shape index (κ2) is 6.50. The van der Waals surface area contributed by atoms with Crippen LogP contribution in [0.3, 0.4) is 0 Å². The number of fused-ring (bicyclic) bond motifs is 1. The van der Waals surface area contributed by atoms with Gasteiger partial charge < -0.3 is 13.3 Å². The lowest BCUT2D eigenvalue weighted by Gasteiger charge is -2.37. The Bertz CT molecular complexity index is 505. The maximum absolute atomic E-state index is 5.99. The van der Waals surface area contributed by atoms with Crippen LogP contribution in [0.2, 0.25) is 0 Å². The van der Waals surface area contributed by atoms with Crippen LogP contribution >= 0.6 is 0 Å². The van der Waals surface area contributed by atoms with Crippen LogP contribution in [0.1, 0.15) is 31.9 Å². The summed E-state index contributed by atoms with van der Waals surface area (Å²) in [6, 6.07) is 8.25. The summed E-state index contributed by atoms with van der Waals surface area (Å²) in [6.45, 7) is 11.6. The van der Waals surface area contributed by atoms with Gasteiger partial charge in [0, 0.05) is 25.0 Å². The van der Waals surface area contributed by atoms with Gasteiger partial charge in [0.25, 0.3) is 0 Å². The summed E-state index contributed by atoms with van der Waals surface area (Å²) in [5.74, 6) is 0.